The van der Waals surface area contributed by atoms with E-state index in [9.17, 15) is 4.39 Å². The molecule has 0 unspecified atom stereocenters. The summed E-state index contributed by atoms with van der Waals surface area (Å²) < 4.78 is 19.3. The maximum absolute atomic E-state index is 13.5. The summed E-state index contributed by atoms with van der Waals surface area (Å²) in [4.78, 5) is 0. The molecule has 0 saturated carbocycles. The van der Waals surface area contributed by atoms with Gasteiger partial charge >= 0.3 is 0 Å². The number of benzene rings is 2. The summed E-state index contributed by atoms with van der Waals surface area (Å²) in [6.45, 7) is 6.12. The lowest BCUT2D eigenvalue weighted by atomic mass is 10.0. The van der Waals surface area contributed by atoms with Gasteiger partial charge in [-0.15, -0.1) is 0 Å². The van der Waals surface area contributed by atoms with Crippen LogP contribution in [0.25, 0.3) is 0 Å². The molecule has 2 aromatic carbocycles. The van der Waals surface area contributed by atoms with Gasteiger partial charge in [-0.1, -0.05) is 37.6 Å². The molecule has 2 rings (SSSR count). The Morgan fingerprint density at radius 2 is 1.85 bits per heavy atom. The van der Waals surface area contributed by atoms with Crippen LogP contribution >= 0.6 is 11.6 Å². The molecule has 0 spiro atoms. The summed E-state index contributed by atoms with van der Waals surface area (Å²) in [6.07, 6.45) is 0. The van der Waals surface area contributed by atoms with Gasteiger partial charge < -0.3 is 10.5 Å². The fourth-order valence-corrected chi connectivity index (χ4v) is 2.13. The predicted octanol–water partition coefficient (Wildman–Crippen LogP) is 5.29. The molecule has 20 heavy (non-hydrogen) atoms. The molecule has 0 aromatic heterocycles. The van der Waals surface area contributed by atoms with E-state index in [-0.39, 0.29) is 10.8 Å². The van der Waals surface area contributed by atoms with Gasteiger partial charge in [-0.05, 0) is 36.1 Å². The van der Waals surface area contributed by atoms with Gasteiger partial charge in [0.1, 0.15) is 11.6 Å². The van der Waals surface area contributed by atoms with Gasteiger partial charge in [-0.25, -0.2) is 4.39 Å². The standard InChI is InChI=1S/C16H17ClFNO/c1-9(2)11-5-4-10(3)6-15(11)20-16-8-13(18)12(17)7-14(16)19/h4-9H,19H2,1-3H3. The summed E-state index contributed by atoms with van der Waals surface area (Å²) in [6, 6.07) is 8.52. The lowest BCUT2D eigenvalue weighted by Gasteiger charge is -2.16. The van der Waals surface area contributed by atoms with Crippen molar-refractivity contribution in [1.29, 1.82) is 0 Å². The molecule has 0 heterocycles. The average molecular weight is 294 g/mol. The first-order chi connectivity index (χ1) is 9.38. The van der Waals surface area contributed by atoms with Crippen molar-refractivity contribution >= 4 is 17.3 Å². The molecule has 2 aromatic rings. The largest absolute Gasteiger partial charge is 0.455 e. The van der Waals surface area contributed by atoms with Gasteiger partial charge in [-0.2, -0.15) is 0 Å². The number of anilines is 1. The highest BCUT2D eigenvalue weighted by molar-refractivity contribution is 6.31. The highest BCUT2D eigenvalue weighted by Crippen LogP contribution is 2.35. The molecule has 0 saturated heterocycles. The van der Waals surface area contributed by atoms with Crippen molar-refractivity contribution in [2.45, 2.75) is 26.7 Å². The number of rotatable bonds is 3. The minimum atomic E-state index is -0.547. The summed E-state index contributed by atoms with van der Waals surface area (Å²) >= 11 is 5.69. The van der Waals surface area contributed by atoms with Gasteiger partial charge in [0.15, 0.2) is 5.75 Å². The molecule has 0 aliphatic rings. The van der Waals surface area contributed by atoms with Crippen LogP contribution < -0.4 is 10.5 Å². The first-order valence-electron chi connectivity index (χ1n) is 6.41. The molecule has 0 radical (unpaired) electrons. The molecule has 106 valence electrons. The van der Waals surface area contributed by atoms with Crippen molar-refractivity contribution in [3.63, 3.8) is 0 Å². The fourth-order valence-electron chi connectivity index (χ4n) is 1.96. The quantitative estimate of drug-likeness (QED) is 0.781. The lowest BCUT2D eigenvalue weighted by molar-refractivity contribution is 0.470. The van der Waals surface area contributed by atoms with Crippen molar-refractivity contribution in [3.05, 3.63) is 52.3 Å². The van der Waals surface area contributed by atoms with Gasteiger partial charge in [0.25, 0.3) is 0 Å². The van der Waals surface area contributed by atoms with Gasteiger partial charge in [-0.3, -0.25) is 0 Å². The van der Waals surface area contributed by atoms with Crippen LogP contribution in [0, 0.1) is 12.7 Å². The smallest absolute Gasteiger partial charge is 0.153 e. The Morgan fingerprint density at radius 3 is 2.50 bits per heavy atom. The third-order valence-corrected chi connectivity index (χ3v) is 3.35. The number of hydrogen-bond donors (Lipinski definition) is 1. The maximum Gasteiger partial charge on any atom is 0.153 e. The minimum absolute atomic E-state index is 0.0109. The van der Waals surface area contributed by atoms with Crippen molar-refractivity contribution in [2.24, 2.45) is 0 Å². The SMILES string of the molecule is Cc1ccc(C(C)C)c(Oc2cc(F)c(Cl)cc2N)c1. The molecule has 0 fully saturated rings. The third kappa shape index (κ3) is 3.05. The Morgan fingerprint density at radius 1 is 1.15 bits per heavy atom. The molecule has 0 aliphatic carbocycles. The van der Waals surface area contributed by atoms with E-state index in [1.165, 1.54) is 12.1 Å². The molecule has 0 bridgehead atoms. The Hall–Kier alpha value is -1.74. The molecule has 4 heteroatoms. The highest BCUT2D eigenvalue weighted by Gasteiger charge is 2.13. The molecule has 0 amide bonds. The van der Waals surface area contributed by atoms with E-state index in [1.807, 2.05) is 25.1 Å². The van der Waals surface area contributed by atoms with Crippen LogP contribution in [0.5, 0.6) is 11.5 Å². The van der Waals surface area contributed by atoms with Crippen molar-refractivity contribution in [1.82, 2.24) is 0 Å². The second-order valence-electron chi connectivity index (χ2n) is 5.10. The summed E-state index contributed by atoms with van der Waals surface area (Å²) in [5.41, 5.74) is 8.25. The van der Waals surface area contributed by atoms with Crippen LogP contribution in [-0.4, -0.2) is 0 Å². The normalized spacial score (nSPS) is 10.9. The van der Waals surface area contributed by atoms with Crippen LogP contribution in [0.3, 0.4) is 0 Å². The van der Waals surface area contributed by atoms with Crippen molar-refractivity contribution in [3.8, 4) is 11.5 Å². The number of nitrogen functional groups attached to an aromatic ring is 1. The minimum Gasteiger partial charge on any atom is -0.455 e. The molecule has 2 nitrogen and oxygen atoms in total. The number of hydrogen-bond acceptors (Lipinski definition) is 2. The summed E-state index contributed by atoms with van der Waals surface area (Å²) in [5, 5.41) is -0.0109. The first kappa shape index (κ1) is 14.7. The lowest BCUT2D eigenvalue weighted by Crippen LogP contribution is -1.98. The van der Waals surface area contributed by atoms with E-state index in [0.29, 0.717) is 17.4 Å². The van der Waals surface area contributed by atoms with Crippen LogP contribution in [0.1, 0.15) is 30.9 Å². The molecule has 2 N–H and O–H groups in total. The van der Waals surface area contributed by atoms with E-state index in [1.54, 1.807) is 0 Å². The first-order valence-corrected chi connectivity index (χ1v) is 6.79. The number of ether oxygens (including phenoxy) is 1. The highest BCUT2D eigenvalue weighted by atomic mass is 35.5. The predicted molar refractivity (Wildman–Crippen MR) is 81.2 cm³/mol. The molecule has 0 atom stereocenters. The van der Waals surface area contributed by atoms with Gasteiger partial charge in [0.05, 0.1) is 10.7 Å². The fraction of sp³-hybridized carbons (Fsp3) is 0.250. The topological polar surface area (TPSA) is 35.2 Å². The van der Waals surface area contributed by atoms with E-state index in [0.717, 1.165) is 11.1 Å². The van der Waals surface area contributed by atoms with Crippen molar-refractivity contribution < 1.29 is 9.13 Å². The molecule has 0 aliphatic heterocycles. The second-order valence-corrected chi connectivity index (χ2v) is 5.51. The van der Waals surface area contributed by atoms with Crippen LogP contribution in [-0.2, 0) is 0 Å². The van der Waals surface area contributed by atoms with Gasteiger partial charge in [0, 0.05) is 6.07 Å². The Balaban J connectivity index is 2.44. The monoisotopic (exact) mass is 293 g/mol. The Labute approximate surface area is 123 Å². The number of halogens is 2. The Kier molecular flexibility index (Phi) is 4.19. The van der Waals surface area contributed by atoms with Crippen LogP contribution in [0.15, 0.2) is 30.3 Å². The van der Waals surface area contributed by atoms with E-state index in [4.69, 9.17) is 22.1 Å². The zero-order valence-electron chi connectivity index (χ0n) is 11.7. The van der Waals surface area contributed by atoms with Gasteiger partial charge in [0.2, 0.25) is 0 Å². The average Bonchev–Trinajstić information content (AvgIpc) is 2.35. The zero-order valence-corrected chi connectivity index (χ0v) is 12.5. The zero-order chi connectivity index (χ0) is 14.9. The van der Waals surface area contributed by atoms with Crippen LogP contribution in [0.4, 0.5) is 10.1 Å². The maximum atomic E-state index is 13.5. The second kappa shape index (κ2) is 5.71. The summed E-state index contributed by atoms with van der Waals surface area (Å²) in [5.74, 6) is 0.714. The Bertz CT molecular complexity index is 641. The third-order valence-electron chi connectivity index (χ3n) is 3.06. The van der Waals surface area contributed by atoms with E-state index >= 15 is 0 Å². The van der Waals surface area contributed by atoms with E-state index in [2.05, 4.69) is 13.8 Å². The number of aryl methyl sites for hydroxylation is 1. The number of nitrogens with two attached hydrogens (primary N) is 1. The molecular weight excluding hydrogens is 277 g/mol. The summed E-state index contributed by atoms with van der Waals surface area (Å²) in [7, 11) is 0. The molecular formula is C16H17ClFNO. The van der Waals surface area contributed by atoms with E-state index < -0.39 is 5.82 Å². The van der Waals surface area contributed by atoms with Crippen LogP contribution in [0.2, 0.25) is 5.02 Å². The van der Waals surface area contributed by atoms with Crippen molar-refractivity contribution in [2.75, 3.05) is 5.73 Å².